The van der Waals surface area contributed by atoms with Gasteiger partial charge in [-0.3, -0.25) is 4.79 Å². The summed E-state index contributed by atoms with van der Waals surface area (Å²) in [6.45, 7) is 3.89. The number of nitrogens with zero attached hydrogens (tertiary/aromatic N) is 1. The van der Waals surface area contributed by atoms with Gasteiger partial charge in [-0.2, -0.15) is 5.26 Å². The van der Waals surface area contributed by atoms with Gasteiger partial charge in [-0.05, 0) is 46.9 Å². The zero-order valence-electron chi connectivity index (χ0n) is 17.4. The number of carbonyl (C=O) groups excluding carboxylic acids is 1. The molecule has 1 unspecified atom stereocenters. The minimum Gasteiger partial charge on any atom is -0.505 e. The molecule has 33 heavy (non-hydrogen) atoms. The van der Waals surface area contributed by atoms with Crippen LogP contribution in [0.5, 0.6) is 5.75 Å². The van der Waals surface area contributed by atoms with Crippen LogP contribution in [0.1, 0.15) is 52.7 Å². The number of amides is 1. The van der Waals surface area contributed by atoms with E-state index < -0.39 is 17.6 Å². The van der Waals surface area contributed by atoms with E-state index in [0.717, 1.165) is 11.1 Å². The predicted molar refractivity (Wildman–Crippen MR) is 136 cm³/mol. The molecular weight excluding hydrogens is 526 g/mol. The van der Waals surface area contributed by atoms with E-state index in [1.165, 1.54) is 6.07 Å². The van der Waals surface area contributed by atoms with E-state index in [2.05, 4.69) is 11.4 Å². The lowest BCUT2D eigenvalue weighted by atomic mass is 9.88. The zero-order valence-corrected chi connectivity index (χ0v) is 21.2. The Bertz CT molecular complexity index is 1270. The Morgan fingerprint density at radius 1 is 0.939 bits per heavy atom. The number of phenols is 1. The molecule has 0 saturated carbocycles. The average Bonchev–Trinajstić information content (AvgIpc) is 2.77. The molecule has 0 spiro atoms. The molecule has 3 aromatic carbocycles. The lowest BCUT2D eigenvalue weighted by Crippen LogP contribution is -2.15. The monoisotopic (exact) mass is 540 g/mol. The first-order chi connectivity index (χ1) is 15.5. The van der Waals surface area contributed by atoms with Crippen LogP contribution in [0, 0.1) is 11.3 Å². The van der Waals surface area contributed by atoms with Gasteiger partial charge in [0.05, 0.1) is 27.6 Å². The quantitative estimate of drug-likeness (QED) is 0.317. The molecular formula is C24H17Cl5N2O2. The highest BCUT2D eigenvalue weighted by molar-refractivity contribution is 6.49. The molecule has 0 aliphatic carbocycles. The number of carbonyl (C=O) groups is 1. The third-order valence-corrected chi connectivity index (χ3v) is 6.90. The fraction of sp³-hybridized carbons (Fsp3) is 0.167. The third-order valence-electron chi connectivity index (χ3n) is 5.06. The number of benzene rings is 3. The van der Waals surface area contributed by atoms with E-state index >= 15 is 0 Å². The highest BCUT2D eigenvalue weighted by Gasteiger charge is 2.23. The molecule has 170 valence electrons. The summed E-state index contributed by atoms with van der Waals surface area (Å²) in [6, 6.07) is 13.9. The maximum atomic E-state index is 12.9. The molecule has 3 aromatic rings. The van der Waals surface area contributed by atoms with E-state index in [-0.39, 0.29) is 26.5 Å². The average molecular weight is 543 g/mol. The Morgan fingerprint density at radius 3 is 2.15 bits per heavy atom. The van der Waals surface area contributed by atoms with Crippen LogP contribution in [0.15, 0.2) is 42.5 Å². The van der Waals surface area contributed by atoms with Gasteiger partial charge in [0.15, 0.2) is 0 Å². The highest BCUT2D eigenvalue weighted by Crippen LogP contribution is 2.41. The standard InChI is InChI=1S/C24H17Cl5N2O2/c1-11(2)14-7-15(17(10-30)12-3-5-13(25)6-4-12)18(26)9-20(14)31-24(33)16-8-19(27)21(28)22(29)23(16)32/h3-9,11,17,32H,1-2H3,(H,31,33). The summed E-state index contributed by atoms with van der Waals surface area (Å²) in [7, 11) is 0. The van der Waals surface area contributed by atoms with Crippen molar-refractivity contribution >= 4 is 69.6 Å². The summed E-state index contributed by atoms with van der Waals surface area (Å²) < 4.78 is 0. The van der Waals surface area contributed by atoms with Crippen LogP contribution in [0.3, 0.4) is 0 Å². The fourth-order valence-electron chi connectivity index (χ4n) is 3.34. The zero-order chi connectivity index (χ0) is 24.4. The summed E-state index contributed by atoms with van der Waals surface area (Å²) in [4.78, 5) is 12.9. The number of hydrogen-bond donors (Lipinski definition) is 2. The molecule has 1 atom stereocenters. The van der Waals surface area contributed by atoms with E-state index in [1.807, 2.05) is 13.8 Å². The first-order valence-corrected chi connectivity index (χ1v) is 11.6. The SMILES string of the molecule is CC(C)c1cc(C(C#N)c2ccc(Cl)cc2)c(Cl)cc1NC(=O)c1cc(Cl)c(Cl)c(Cl)c1O. The maximum absolute atomic E-state index is 12.9. The van der Waals surface area contributed by atoms with Gasteiger partial charge in [0.1, 0.15) is 10.8 Å². The Labute approximate surface area is 216 Å². The molecule has 0 radical (unpaired) electrons. The topological polar surface area (TPSA) is 73.1 Å². The maximum Gasteiger partial charge on any atom is 0.259 e. The molecule has 0 aliphatic heterocycles. The van der Waals surface area contributed by atoms with Gasteiger partial charge in [-0.1, -0.05) is 90.1 Å². The molecule has 0 aromatic heterocycles. The van der Waals surface area contributed by atoms with E-state index in [9.17, 15) is 15.2 Å². The lowest BCUT2D eigenvalue weighted by molar-refractivity contribution is 0.102. The van der Waals surface area contributed by atoms with Crippen LogP contribution in [0.2, 0.25) is 25.1 Å². The second-order valence-corrected chi connectivity index (χ2v) is 9.57. The first kappa shape index (κ1) is 25.5. The minimum absolute atomic E-state index is 0.0214. The molecule has 0 bridgehead atoms. The van der Waals surface area contributed by atoms with Gasteiger partial charge in [0.2, 0.25) is 0 Å². The molecule has 4 nitrogen and oxygen atoms in total. The van der Waals surface area contributed by atoms with Crippen molar-refractivity contribution in [2.45, 2.75) is 25.7 Å². The van der Waals surface area contributed by atoms with E-state index in [0.29, 0.717) is 21.3 Å². The lowest BCUT2D eigenvalue weighted by Gasteiger charge is -2.20. The van der Waals surface area contributed by atoms with Crippen molar-refractivity contribution in [3.8, 4) is 11.8 Å². The van der Waals surface area contributed by atoms with Crippen LogP contribution in [-0.4, -0.2) is 11.0 Å². The number of phenolic OH excluding ortho intramolecular Hbond substituents is 1. The predicted octanol–water partition coefficient (Wildman–Crippen LogP) is 8.69. The summed E-state index contributed by atoms with van der Waals surface area (Å²) in [6.07, 6.45) is 0. The Morgan fingerprint density at radius 2 is 1.58 bits per heavy atom. The van der Waals surface area contributed by atoms with Crippen molar-refractivity contribution < 1.29 is 9.90 Å². The van der Waals surface area contributed by atoms with E-state index in [1.54, 1.807) is 36.4 Å². The van der Waals surface area contributed by atoms with Crippen molar-refractivity contribution in [3.63, 3.8) is 0 Å². The summed E-state index contributed by atoms with van der Waals surface area (Å²) in [5.74, 6) is -1.78. The molecule has 0 saturated heterocycles. The van der Waals surface area contributed by atoms with Gasteiger partial charge in [-0.15, -0.1) is 0 Å². The fourth-order valence-corrected chi connectivity index (χ4v) is 4.34. The molecule has 9 heteroatoms. The number of nitrogens with one attached hydrogen (secondary N) is 1. The summed E-state index contributed by atoms with van der Waals surface area (Å²) >= 11 is 30.4. The second kappa shape index (κ2) is 10.4. The Hall–Kier alpha value is -2.13. The normalized spacial score (nSPS) is 11.8. The van der Waals surface area contributed by atoms with Gasteiger partial charge in [0, 0.05) is 15.7 Å². The van der Waals surface area contributed by atoms with Crippen molar-refractivity contribution in [1.29, 1.82) is 5.26 Å². The van der Waals surface area contributed by atoms with Gasteiger partial charge >= 0.3 is 0 Å². The highest BCUT2D eigenvalue weighted by atomic mass is 35.5. The first-order valence-electron chi connectivity index (χ1n) is 9.71. The Kier molecular flexibility index (Phi) is 8.05. The number of nitriles is 1. The Balaban J connectivity index is 2.04. The summed E-state index contributed by atoms with van der Waals surface area (Å²) in [5, 5.41) is 23.5. The van der Waals surface area contributed by atoms with Gasteiger partial charge < -0.3 is 10.4 Å². The van der Waals surface area contributed by atoms with Crippen LogP contribution >= 0.6 is 58.0 Å². The molecule has 1 amide bonds. The van der Waals surface area contributed by atoms with E-state index in [4.69, 9.17) is 58.0 Å². The van der Waals surface area contributed by atoms with Crippen molar-refractivity contribution in [2.75, 3.05) is 5.32 Å². The molecule has 0 heterocycles. The van der Waals surface area contributed by atoms with Crippen molar-refractivity contribution in [3.05, 3.63) is 89.8 Å². The van der Waals surface area contributed by atoms with Gasteiger partial charge in [0.25, 0.3) is 5.91 Å². The number of halogens is 5. The molecule has 0 fully saturated rings. The molecule has 0 aliphatic rings. The van der Waals surface area contributed by atoms with Gasteiger partial charge in [-0.25, -0.2) is 0 Å². The van der Waals surface area contributed by atoms with Crippen LogP contribution in [0.4, 0.5) is 5.69 Å². The molecule has 3 rings (SSSR count). The van der Waals surface area contributed by atoms with Crippen LogP contribution in [0.25, 0.3) is 0 Å². The van der Waals surface area contributed by atoms with Crippen molar-refractivity contribution in [2.24, 2.45) is 0 Å². The minimum atomic E-state index is -0.645. The number of aromatic hydroxyl groups is 1. The molecule has 2 N–H and O–H groups in total. The summed E-state index contributed by atoms with van der Waals surface area (Å²) in [5.41, 5.74) is 2.38. The van der Waals surface area contributed by atoms with Crippen LogP contribution in [-0.2, 0) is 0 Å². The van der Waals surface area contributed by atoms with Crippen molar-refractivity contribution in [1.82, 2.24) is 0 Å². The number of hydrogen-bond acceptors (Lipinski definition) is 3. The number of rotatable bonds is 5. The number of anilines is 1. The third kappa shape index (κ3) is 5.35. The van der Waals surface area contributed by atoms with Crippen LogP contribution < -0.4 is 5.32 Å². The largest absolute Gasteiger partial charge is 0.505 e. The smallest absolute Gasteiger partial charge is 0.259 e. The second-order valence-electron chi connectivity index (χ2n) is 7.57.